The summed E-state index contributed by atoms with van der Waals surface area (Å²) in [5, 5.41) is 17.8. The summed E-state index contributed by atoms with van der Waals surface area (Å²) in [4.78, 5) is 2.43. The van der Waals surface area contributed by atoms with E-state index in [1.54, 1.807) is 0 Å². The molecule has 1 aromatic heterocycles. The Bertz CT molecular complexity index is 349. The molecule has 2 N–H and O–H groups in total. The van der Waals surface area contributed by atoms with Crippen molar-refractivity contribution in [2.75, 3.05) is 25.1 Å². The summed E-state index contributed by atoms with van der Waals surface area (Å²) in [7, 11) is 0. The monoisotopic (exact) mass is 207 g/mol. The summed E-state index contributed by atoms with van der Waals surface area (Å²) in [6.45, 7) is 3.41. The number of piperidine rings is 3. The van der Waals surface area contributed by atoms with Gasteiger partial charge in [-0.05, 0) is 31.1 Å². The Morgan fingerprint density at radius 2 is 2.27 bits per heavy atom. The standard InChI is InChI=1S/C8H13N7/c1-3-15-4-2-6(1)7(5-15)9-10-8-11-13-14-12-8/h6H,1-5H2,(H2,10,11,12,13,14)/b9-7+. The van der Waals surface area contributed by atoms with Gasteiger partial charge >= 0.3 is 0 Å². The van der Waals surface area contributed by atoms with Gasteiger partial charge in [0.25, 0.3) is 5.95 Å². The van der Waals surface area contributed by atoms with Crippen LogP contribution in [0.25, 0.3) is 0 Å². The molecule has 1 aromatic rings. The van der Waals surface area contributed by atoms with Crippen molar-refractivity contribution in [1.82, 2.24) is 25.5 Å². The molecule has 3 fully saturated rings. The molecule has 3 aliphatic heterocycles. The van der Waals surface area contributed by atoms with Gasteiger partial charge in [-0.1, -0.05) is 5.10 Å². The van der Waals surface area contributed by atoms with E-state index < -0.39 is 0 Å². The highest BCUT2D eigenvalue weighted by molar-refractivity contribution is 5.90. The molecule has 4 heterocycles. The Hall–Kier alpha value is -1.50. The molecular formula is C8H13N7. The van der Waals surface area contributed by atoms with Crippen molar-refractivity contribution in [3.63, 3.8) is 0 Å². The van der Waals surface area contributed by atoms with E-state index in [-0.39, 0.29) is 0 Å². The van der Waals surface area contributed by atoms with Gasteiger partial charge in [-0.15, -0.1) is 5.10 Å². The second kappa shape index (κ2) is 3.58. The molecule has 0 aromatic carbocycles. The van der Waals surface area contributed by atoms with Crippen LogP contribution in [-0.2, 0) is 0 Å². The number of H-pyrrole nitrogens is 1. The minimum Gasteiger partial charge on any atom is -0.298 e. The fraction of sp³-hybridized carbons (Fsp3) is 0.750. The maximum absolute atomic E-state index is 4.35. The lowest BCUT2D eigenvalue weighted by atomic mass is 9.87. The van der Waals surface area contributed by atoms with Crippen LogP contribution in [0.15, 0.2) is 5.10 Å². The van der Waals surface area contributed by atoms with E-state index in [1.165, 1.54) is 31.6 Å². The first kappa shape index (κ1) is 8.78. The smallest absolute Gasteiger partial charge is 0.283 e. The predicted molar refractivity (Wildman–Crippen MR) is 54.4 cm³/mol. The summed E-state index contributed by atoms with van der Waals surface area (Å²) in [5.74, 6) is 1.08. The number of aromatic nitrogens is 4. The molecule has 3 saturated heterocycles. The molecule has 7 heteroatoms. The SMILES string of the molecule is C1CN2CCC1/C(=N/Nc1nn[nH]n1)C2. The number of hydrazone groups is 1. The van der Waals surface area contributed by atoms with Crippen molar-refractivity contribution in [2.45, 2.75) is 12.8 Å². The molecular weight excluding hydrogens is 194 g/mol. The minimum absolute atomic E-state index is 0.430. The van der Waals surface area contributed by atoms with E-state index in [4.69, 9.17) is 0 Å². The second-order valence-corrected chi connectivity index (χ2v) is 4.00. The number of hydrogen-bond acceptors (Lipinski definition) is 6. The Balaban J connectivity index is 1.69. The second-order valence-electron chi connectivity index (χ2n) is 4.00. The fourth-order valence-electron chi connectivity index (χ4n) is 2.24. The largest absolute Gasteiger partial charge is 0.298 e. The van der Waals surface area contributed by atoms with Crippen LogP contribution in [0.4, 0.5) is 5.95 Å². The third-order valence-electron chi connectivity index (χ3n) is 3.09. The number of nitrogens with zero attached hydrogens (tertiary/aromatic N) is 5. The van der Waals surface area contributed by atoms with Crippen molar-refractivity contribution >= 4 is 11.7 Å². The molecule has 4 rings (SSSR count). The molecule has 0 unspecified atom stereocenters. The highest BCUT2D eigenvalue weighted by atomic mass is 15.5. The van der Waals surface area contributed by atoms with Crippen molar-refractivity contribution < 1.29 is 0 Å². The van der Waals surface area contributed by atoms with E-state index in [9.17, 15) is 0 Å². The highest BCUT2D eigenvalue weighted by Crippen LogP contribution is 2.25. The summed E-state index contributed by atoms with van der Waals surface area (Å²) in [5.41, 5.74) is 4.04. The first-order valence-corrected chi connectivity index (χ1v) is 5.20. The van der Waals surface area contributed by atoms with E-state index >= 15 is 0 Å². The Labute approximate surface area is 86.9 Å². The van der Waals surface area contributed by atoms with Crippen molar-refractivity contribution in [2.24, 2.45) is 11.0 Å². The summed E-state index contributed by atoms with van der Waals surface area (Å²) in [6.07, 6.45) is 2.46. The number of anilines is 1. The lowest BCUT2D eigenvalue weighted by molar-refractivity contribution is 0.200. The number of fused-ring (bicyclic) bond motifs is 3. The molecule has 0 amide bonds. The molecule has 0 aliphatic carbocycles. The van der Waals surface area contributed by atoms with E-state index in [1.807, 2.05) is 0 Å². The Morgan fingerprint density at radius 1 is 1.40 bits per heavy atom. The third-order valence-corrected chi connectivity index (χ3v) is 3.09. The first-order chi connectivity index (χ1) is 7.42. The minimum atomic E-state index is 0.430. The number of aromatic amines is 1. The average Bonchev–Trinajstić information content (AvgIpc) is 2.81. The maximum atomic E-state index is 4.35. The number of hydrogen-bond donors (Lipinski definition) is 2. The van der Waals surface area contributed by atoms with Crippen LogP contribution in [0.3, 0.4) is 0 Å². The van der Waals surface area contributed by atoms with Gasteiger partial charge in [0, 0.05) is 12.5 Å². The molecule has 7 nitrogen and oxygen atoms in total. The normalized spacial score (nSPS) is 32.1. The molecule has 15 heavy (non-hydrogen) atoms. The van der Waals surface area contributed by atoms with Gasteiger partial charge < -0.3 is 0 Å². The van der Waals surface area contributed by atoms with E-state index in [0.717, 1.165) is 6.54 Å². The van der Waals surface area contributed by atoms with E-state index in [2.05, 4.69) is 36.1 Å². The maximum Gasteiger partial charge on any atom is 0.283 e. The van der Waals surface area contributed by atoms with Gasteiger partial charge in [0.15, 0.2) is 0 Å². The topological polar surface area (TPSA) is 82.1 Å². The Morgan fingerprint density at radius 3 is 2.87 bits per heavy atom. The zero-order valence-electron chi connectivity index (χ0n) is 8.35. The van der Waals surface area contributed by atoms with Crippen molar-refractivity contribution in [3.05, 3.63) is 0 Å². The molecule has 80 valence electrons. The first-order valence-electron chi connectivity index (χ1n) is 5.20. The van der Waals surface area contributed by atoms with Crippen LogP contribution in [0.5, 0.6) is 0 Å². The van der Waals surface area contributed by atoms with Crippen LogP contribution in [-0.4, -0.2) is 50.9 Å². The predicted octanol–water partition coefficient (Wildman–Crippen LogP) is -0.307. The van der Waals surface area contributed by atoms with Crippen LogP contribution in [0.2, 0.25) is 0 Å². The van der Waals surface area contributed by atoms with Gasteiger partial charge in [0.05, 0.1) is 5.71 Å². The quantitative estimate of drug-likeness (QED) is 0.650. The van der Waals surface area contributed by atoms with E-state index in [0.29, 0.717) is 11.9 Å². The third kappa shape index (κ3) is 1.70. The number of rotatable bonds is 2. The lowest BCUT2D eigenvalue weighted by Crippen LogP contribution is -2.48. The highest BCUT2D eigenvalue weighted by Gasteiger charge is 2.30. The van der Waals surface area contributed by atoms with Crippen molar-refractivity contribution in [3.8, 4) is 0 Å². The lowest BCUT2D eigenvalue weighted by Gasteiger charge is -2.39. The van der Waals surface area contributed by atoms with Crippen molar-refractivity contribution in [1.29, 1.82) is 0 Å². The fourth-order valence-corrected chi connectivity index (χ4v) is 2.24. The summed E-state index contributed by atoms with van der Waals surface area (Å²) in [6, 6.07) is 0. The molecule has 0 spiro atoms. The van der Waals surface area contributed by atoms with Crippen LogP contribution in [0, 0.1) is 5.92 Å². The zero-order chi connectivity index (χ0) is 10.1. The van der Waals surface area contributed by atoms with Gasteiger partial charge in [-0.2, -0.15) is 10.3 Å². The van der Waals surface area contributed by atoms with Crippen LogP contribution >= 0.6 is 0 Å². The van der Waals surface area contributed by atoms with Gasteiger partial charge in [0.2, 0.25) is 0 Å². The zero-order valence-corrected chi connectivity index (χ0v) is 8.35. The Kier molecular flexibility index (Phi) is 2.09. The van der Waals surface area contributed by atoms with Gasteiger partial charge in [0.1, 0.15) is 0 Å². The van der Waals surface area contributed by atoms with Crippen LogP contribution in [0.1, 0.15) is 12.8 Å². The molecule has 0 saturated carbocycles. The van der Waals surface area contributed by atoms with Crippen LogP contribution < -0.4 is 5.43 Å². The van der Waals surface area contributed by atoms with Gasteiger partial charge in [-0.3, -0.25) is 4.90 Å². The summed E-state index contributed by atoms with van der Waals surface area (Å²) >= 11 is 0. The number of tetrazole rings is 1. The number of nitrogens with one attached hydrogen (secondary N) is 2. The molecule has 0 atom stereocenters. The molecule has 3 aliphatic rings. The average molecular weight is 207 g/mol. The molecule has 2 bridgehead atoms. The summed E-state index contributed by atoms with van der Waals surface area (Å²) < 4.78 is 0. The van der Waals surface area contributed by atoms with Gasteiger partial charge in [-0.25, -0.2) is 5.43 Å². The molecule has 0 radical (unpaired) electrons.